The summed E-state index contributed by atoms with van der Waals surface area (Å²) in [4.78, 5) is 9.17. The fourth-order valence-electron chi connectivity index (χ4n) is 1.84. The molecule has 0 saturated heterocycles. The average Bonchev–Trinajstić information content (AvgIpc) is 3.11. The van der Waals surface area contributed by atoms with Gasteiger partial charge < -0.3 is 5.32 Å². The fourth-order valence-corrected chi connectivity index (χ4v) is 1.84. The standard InChI is InChI=1S/C13H17N5/c1-2-6-14-11-9-12(18-8-3-7-15-18)17-13(16-11)10-4-5-10/h3,7-10H,2,4-6H2,1H3,(H,14,16,17). The van der Waals surface area contributed by atoms with E-state index in [0.29, 0.717) is 5.92 Å². The van der Waals surface area contributed by atoms with Crippen molar-refractivity contribution in [3.05, 3.63) is 30.4 Å². The van der Waals surface area contributed by atoms with Crippen LogP contribution in [-0.4, -0.2) is 26.3 Å². The predicted molar refractivity (Wildman–Crippen MR) is 69.9 cm³/mol. The van der Waals surface area contributed by atoms with E-state index >= 15 is 0 Å². The summed E-state index contributed by atoms with van der Waals surface area (Å²) in [6.07, 6.45) is 7.16. The molecular weight excluding hydrogens is 226 g/mol. The van der Waals surface area contributed by atoms with Crippen LogP contribution in [-0.2, 0) is 0 Å². The van der Waals surface area contributed by atoms with Crippen LogP contribution < -0.4 is 5.32 Å². The Balaban J connectivity index is 1.94. The smallest absolute Gasteiger partial charge is 0.159 e. The summed E-state index contributed by atoms with van der Waals surface area (Å²) in [5.74, 6) is 3.24. The van der Waals surface area contributed by atoms with E-state index in [1.54, 1.807) is 10.9 Å². The van der Waals surface area contributed by atoms with Gasteiger partial charge >= 0.3 is 0 Å². The molecule has 2 heterocycles. The van der Waals surface area contributed by atoms with Crippen LogP contribution in [0.4, 0.5) is 5.82 Å². The molecule has 1 fully saturated rings. The van der Waals surface area contributed by atoms with E-state index in [1.165, 1.54) is 12.8 Å². The Morgan fingerprint density at radius 3 is 2.94 bits per heavy atom. The highest BCUT2D eigenvalue weighted by Gasteiger charge is 2.27. The molecule has 5 heteroatoms. The van der Waals surface area contributed by atoms with Crippen molar-refractivity contribution in [1.29, 1.82) is 0 Å². The topological polar surface area (TPSA) is 55.6 Å². The molecule has 0 radical (unpaired) electrons. The maximum atomic E-state index is 4.60. The first-order valence-electron chi connectivity index (χ1n) is 6.49. The molecule has 0 atom stereocenters. The third kappa shape index (κ3) is 2.34. The molecule has 0 aromatic carbocycles. The van der Waals surface area contributed by atoms with Crippen LogP contribution in [0.5, 0.6) is 0 Å². The second kappa shape index (κ2) is 4.76. The molecule has 5 nitrogen and oxygen atoms in total. The molecule has 1 N–H and O–H groups in total. The summed E-state index contributed by atoms with van der Waals surface area (Å²) in [6, 6.07) is 3.85. The van der Waals surface area contributed by atoms with Crippen molar-refractivity contribution < 1.29 is 0 Å². The van der Waals surface area contributed by atoms with Crippen molar-refractivity contribution in [3.63, 3.8) is 0 Å². The Kier molecular flexibility index (Phi) is 2.96. The van der Waals surface area contributed by atoms with Crippen LogP contribution in [0.25, 0.3) is 5.82 Å². The van der Waals surface area contributed by atoms with Gasteiger partial charge in [0.25, 0.3) is 0 Å². The van der Waals surface area contributed by atoms with E-state index in [4.69, 9.17) is 0 Å². The van der Waals surface area contributed by atoms with Gasteiger partial charge in [0.2, 0.25) is 0 Å². The average molecular weight is 243 g/mol. The fraction of sp³-hybridized carbons (Fsp3) is 0.462. The Morgan fingerprint density at radius 2 is 2.28 bits per heavy atom. The first-order valence-corrected chi connectivity index (χ1v) is 6.49. The van der Waals surface area contributed by atoms with Gasteiger partial charge in [0.1, 0.15) is 11.6 Å². The number of hydrogen-bond acceptors (Lipinski definition) is 4. The summed E-state index contributed by atoms with van der Waals surface area (Å²) in [6.45, 7) is 3.07. The van der Waals surface area contributed by atoms with Crippen molar-refractivity contribution in [2.45, 2.75) is 32.1 Å². The van der Waals surface area contributed by atoms with Crippen LogP contribution in [0, 0.1) is 0 Å². The molecular formula is C13H17N5. The second-order valence-corrected chi connectivity index (χ2v) is 4.62. The predicted octanol–water partition coefficient (Wildman–Crippen LogP) is 2.36. The number of aromatic nitrogens is 4. The molecule has 1 aliphatic rings. The van der Waals surface area contributed by atoms with Crippen molar-refractivity contribution >= 4 is 5.82 Å². The molecule has 0 aliphatic heterocycles. The van der Waals surface area contributed by atoms with Crippen LogP contribution >= 0.6 is 0 Å². The Labute approximate surface area is 106 Å². The van der Waals surface area contributed by atoms with Gasteiger partial charge in [-0.3, -0.25) is 0 Å². The highest BCUT2D eigenvalue weighted by Crippen LogP contribution is 2.38. The first kappa shape index (κ1) is 11.2. The van der Waals surface area contributed by atoms with E-state index in [2.05, 4.69) is 27.3 Å². The maximum Gasteiger partial charge on any atom is 0.159 e. The molecule has 94 valence electrons. The highest BCUT2D eigenvalue weighted by molar-refractivity contribution is 5.42. The summed E-state index contributed by atoms with van der Waals surface area (Å²) >= 11 is 0. The van der Waals surface area contributed by atoms with Crippen molar-refractivity contribution in [2.75, 3.05) is 11.9 Å². The minimum atomic E-state index is 0.544. The number of nitrogens with zero attached hydrogens (tertiary/aromatic N) is 4. The summed E-state index contributed by atoms with van der Waals surface area (Å²) in [5, 5.41) is 7.55. The third-order valence-electron chi connectivity index (χ3n) is 2.97. The van der Waals surface area contributed by atoms with Gasteiger partial charge in [-0.1, -0.05) is 6.92 Å². The van der Waals surface area contributed by atoms with E-state index in [-0.39, 0.29) is 0 Å². The zero-order valence-corrected chi connectivity index (χ0v) is 10.5. The molecule has 2 aromatic rings. The molecule has 3 rings (SSSR count). The Morgan fingerprint density at radius 1 is 1.39 bits per heavy atom. The van der Waals surface area contributed by atoms with Crippen LogP contribution in [0.1, 0.15) is 37.9 Å². The monoisotopic (exact) mass is 243 g/mol. The van der Waals surface area contributed by atoms with Gasteiger partial charge in [-0.05, 0) is 25.3 Å². The second-order valence-electron chi connectivity index (χ2n) is 4.62. The van der Waals surface area contributed by atoms with Crippen LogP contribution in [0.3, 0.4) is 0 Å². The zero-order chi connectivity index (χ0) is 12.4. The first-order chi connectivity index (χ1) is 8.86. The van der Waals surface area contributed by atoms with E-state index in [0.717, 1.165) is 30.4 Å². The zero-order valence-electron chi connectivity index (χ0n) is 10.5. The van der Waals surface area contributed by atoms with Gasteiger partial charge in [-0.15, -0.1) is 0 Å². The number of nitrogens with one attached hydrogen (secondary N) is 1. The van der Waals surface area contributed by atoms with Gasteiger partial charge in [-0.25, -0.2) is 14.6 Å². The summed E-state index contributed by atoms with van der Waals surface area (Å²) in [7, 11) is 0. The molecule has 1 aliphatic carbocycles. The normalized spacial score (nSPS) is 14.7. The molecule has 0 spiro atoms. The minimum Gasteiger partial charge on any atom is -0.370 e. The summed E-state index contributed by atoms with van der Waals surface area (Å²) < 4.78 is 1.78. The minimum absolute atomic E-state index is 0.544. The number of anilines is 1. The molecule has 0 amide bonds. The molecule has 2 aromatic heterocycles. The molecule has 18 heavy (non-hydrogen) atoms. The SMILES string of the molecule is CCCNc1cc(-n2cccn2)nc(C2CC2)n1. The van der Waals surface area contributed by atoms with E-state index in [9.17, 15) is 0 Å². The van der Waals surface area contributed by atoms with Gasteiger partial charge in [0, 0.05) is 30.9 Å². The van der Waals surface area contributed by atoms with Crippen LogP contribution in [0.15, 0.2) is 24.5 Å². The largest absolute Gasteiger partial charge is 0.370 e. The lowest BCUT2D eigenvalue weighted by Gasteiger charge is -2.09. The number of hydrogen-bond donors (Lipinski definition) is 1. The molecule has 0 bridgehead atoms. The van der Waals surface area contributed by atoms with Crippen molar-refractivity contribution in [1.82, 2.24) is 19.7 Å². The quantitative estimate of drug-likeness (QED) is 0.875. The highest BCUT2D eigenvalue weighted by atomic mass is 15.3. The lowest BCUT2D eigenvalue weighted by Crippen LogP contribution is -2.08. The lowest BCUT2D eigenvalue weighted by atomic mass is 10.3. The maximum absolute atomic E-state index is 4.60. The van der Waals surface area contributed by atoms with Gasteiger partial charge in [0.15, 0.2) is 5.82 Å². The lowest BCUT2D eigenvalue weighted by molar-refractivity contribution is 0.808. The van der Waals surface area contributed by atoms with E-state index in [1.807, 2.05) is 18.3 Å². The van der Waals surface area contributed by atoms with E-state index < -0.39 is 0 Å². The third-order valence-corrected chi connectivity index (χ3v) is 2.97. The Bertz CT molecular complexity index is 516. The summed E-state index contributed by atoms with van der Waals surface area (Å²) in [5.41, 5.74) is 0. The Hall–Kier alpha value is -1.91. The van der Waals surface area contributed by atoms with Crippen molar-refractivity contribution in [2.24, 2.45) is 0 Å². The molecule has 1 saturated carbocycles. The van der Waals surface area contributed by atoms with Crippen molar-refractivity contribution in [3.8, 4) is 5.82 Å². The molecule has 0 unspecified atom stereocenters. The van der Waals surface area contributed by atoms with Gasteiger partial charge in [0.05, 0.1) is 0 Å². The number of rotatable bonds is 5. The van der Waals surface area contributed by atoms with Gasteiger partial charge in [-0.2, -0.15) is 5.10 Å². The van der Waals surface area contributed by atoms with Crippen LogP contribution in [0.2, 0.25) is 0 Å².